The van der Waals surface area contributed by atoms with E-state index in [0.717, 1.165) is 33.2 Å². The summed E-state index contributed by atoms with van der Waals surface area (Å²) in [5.41, 5.74) is 4.97. The fourth-order valence-corrected chi connectivity index (χ4v) is 3.62. The zero-order valence-corrected chi connectivity index (χ0v) is 13.0. The average molecular weight is 316 g/mol. The average Bonchev–Trinajstić information content (AvgIpc) is 3.17. The number of nitrogens with zero attached hydrogens (tertiary/aromatic N) is 4. The molecule has 0 unspecified atom stereocenters. The summed E-state index contributed by atoms with van der Waals surface area (Å²) in [7, 11) is 0. The molecule has 3 heterocycles. The minimum absolute atomic E-state index is 0.315. The molecule has 0 spiro atoms. The highest BCUT2D eigenvalue weighted by molar-refractivity contribution is 7.15. The van der Waals surface area contributed by atoms with Crippen LogP contribution in [0.25, 0.3) is 27.5 Å². The van der Waals surface area contributed by atoms with E-state index in [1.54, 1.807) is 23.7 Å². The summed E-state index contributed by atoms with van der Waals surface area (Å²) >= 11 is 1.59. The Morgan fingerprint density at radius 3 is 2.57 bits per heavy atom. The third-order valence-corrected chi connectivity index (χ3v) is 4.55. The molecule has 0 saturated heterocycles. The third kappa shape index (κ3) is 2.30. The molecule has 4 nitrogen and oxygen atoms in total. The predicted octanol–water partition coefficient (Wildman–Crippen LogP) is 4.19. The highest BCUT2D eigenvalue weighted by atomic mass is 32.1. The van der Waals surface area contributed by atoms with E-state index in [2.05, 4.69) is 33.0 Å². The Kier molecular flexibility index (Phi) is 3.37. The van der Waals surface area contributed by atoms with Crippen molar-refractivity contribution in [1.29, 1.82) is 5.26 Å². The first-order valence-electron chi connectivity index (χ1n) is 7.20. The smallest absolute Gasteiger partial charge is 0.194 e. The molecule has 0 radical (unpaired) electrons. The van der Waals surface area contributed by atoms with Crippen LogP contribution in [-0.4, -0.2) is 14.4 Å². The monoisotopic (exact) mass is 316 g/mol. The topological polar surface area (TPSA) is 54.0 Å². The quantitative estimate of drug-likeness (QED) is 0.569. The molecular weight excluding hydrogens is 304 g/mol. The Bertz CT molecular complexity index is 994. The maximum atomic E-state index is 9.27. The number of rotatable bonds is 3. The fourth-order valence-electron chi connectivity index (χ4n) is 2.70. The van der Waals surface area contributed by atoms with Crippen molar-refractivity contribution in [2.45, 2.75) is 6.42 Å². The molecule has 3 aromatic heterocycles. The van der Waals surface area contributed by atoms with Crippen LogP contribution in [0.3, 0.4) is 0 Å². The molecule has 0 N–H and O–H groups in total. The molecule has 4 rings (SSSR count). The zero-order valence-electron chi connectivity index (χ0n) is 12.2. The van der Waals surface area contributed by atoms with Gasteiger partial charge in [-0.25, -0.2) is 4.98 Å². The van der Waals surface area contributed by atoms with Crippen LogP contribution in [0, 0.1) is 11.3 Å². The van der Waals surface area contributed by atoms with E-state index >= 15 is 0 Å². The van der Waals surface area contributed by atoms with Crippen LogP contribution >= 0.6 is 11.3 Å². The fraction of sp³-hybridized carbons (Fsp3) is 0.0556. The minimum Gasteiger partial charge on any atom is -0.286 e. The van der Waals surface area contributed by atoms with Gasteiger partial charge in [0.25, 0.3) is 0 Å². The number of imidazole rings is 1. The van der Waals surface area contributed by atoms with Crippen LogP contribution in [0.2, 0.25) is 0 Å². The number of nitriles is 1. The first-order valence-corrected chi connectivity index (χ1v) is 8.08. The van der Waals surface area contributed by atoms with Crippen LogP contribution < -0.4 is 0 Å². The molecule has 23 heavy (non-hydrogen) atoms. The van der Waals surface area contributed by atoms with Crippen molar-refractivity contribution in [2.75, 3.05) is 0 Å². The molecule has 4 aromatic rings. The number of aromatic nitrogens is 3. The van der Waals surface area contributed by atoms with Gasteiger partial charge in [-0.15, -0.1) is 11.3 Å². The predicted molar refractivity (Wildman–Crippen MR) is 91.1 cm³/mol. The summed E-state index contributed by atoms with van der Waals surface area (Å²) in [5, 5.41) is 11.4. The van der Waals surface area contributed by atoms with Gasteiger partial charge in [0, 0.05) is 23.3 Å². The highest BCUT2D eigenvalue weighted by Gasteiger charge is 2.18. The lowest BCUT2D eigenvalue weighted by molar-refractivity contribution is 1.08. The van der Waals surface area contributed by atoms with Gasteiger partial charge in [-0.2, -0.15) is 5.26 Å². The van der Waals surface area contributed by atoms with Crippen molar-refractivity contribution >= 4 is 16.3 Å². The SMILES string of the molecule is N#CCc1c(-c2ccncc2)nc2scc(-c3ccccc3)n12. The summed E-state index contributed by atoms with van der Waals surface area (Å²) in [5.74, 6) is 0. The first-order chi connectivity index (χ1) is 11.4. The van der Waals surface area contributed by atoms with Gasteiger partial charge < -0.3 is 0 Å². The van der Waals surface area contributed by atoms with E-state index in [9.17, 15) is 5.26 Å². The molecule has 0 aliphatic rings. The van der Waals surface area contributed by atoms with Gasteiger partial charge in [-0.3, -0.25) is 9.38 Å². The molecule has 0 saturated carbocycles. The standard InChI is InChI=1S/C18H12N4S/c19-9-6-15-17(14-7-10-20-11-8-14)21-18-22(15)16(12-23-18)13-4-2-1-3-5-13/h1-5,7-8,10-12H,6H2. The molecule has 0 aliphatic carbocycles. The molecule has 110 valence electrons. The Morgan fingerprint density at radius 2 is 1.83 bits per heavy atom. The van der Waals surface area contributed by atoms with E-state index in [4.69, 9.17) is 4.98 Å². The zero-order chi connectivity index (χ0) is 15.6. The second-order valence-electron chi connectivity index (χ2n) is 5.08. The van der Waals surface area contributed by atoms with Crippen molar-refractivity contribution in [3.05, 3.63) is 65.9 Å². The van der Waals surface area contributed by atoms with E-state index in [0.29, 0.717) is 6.42 Å². The summed E-state index contributed by atoms with van der Waals surface area (Å²) in [6, 6.07) is 16.3. The van der Waals surface area contributed by atoms with Crippen molar-refractivity contribution in [3.63, 3.8) is 0 Å². The van der Waals surface area contributed by atoms with Gasteiger partial charge in [-0.1, -0.05) is 30.3 Å². The summed E-state index contributed by atoms with van der Waals surface area (Å²) in [6.07, 6.45) is 3.81. The lowest BCUT2D eigenvalue weighted by atomic mass is 10.1. The second kappa shape index (κ2) is 5.67. The molecule has 0 atom stereocenters. The van der Waals surface area contributed by atoms with E-state index in [1.165, 1.54) is 0 Å². The van der Waals surface area contributed by atoms with Gasteiger partial charge in [-0.05, 0) is 17.7 Å². The van der Waals surface area contributed by atoms with Crippen LogP contribution in [-0.2, 0) is 6.42 Å². The molecule has 0 amide bonds. The Hall–Kier alpha value is -2.97. The van der Waals surface area contributed by atoms with Gasteiger partial charge in [0.05, 0.1) is 29.6 Å². The second-order valence-corrected chi connectivity index (χ2v) is 5.92. The van der Waals surface area contributed by atoms with Crippen molar-refractivity contribution < 1.29 is 0 Å². The Morgan fingerprint density at radius 1 is 1.04 bits per heavy atom. The Labute approximate surface area is 137 Å². The van der Waals surface area contributed by atoms with Crippen molar-refractivity contribution in [3.8, 4) is 28.6 Å². The van der Waals surface area contributed by atoms with E-state index in [-0.39, 0.29) is 0 Å². The van der Waals surface area contributed by atoms with Gasteiger partial charge >= 0.3 is 0 Å². The maximum absolute atomic E-state index is 9.27. The summed E-state index contributed by atoms with van der Waals surface area (Å²) < 4.78 is 2.10. The number of thiazole rings is 1. The third-order valence-electron chi connectivity index (χ3n) is 3.73. The van der Waals surface area contributed by atoms with Crippen LogP contribution in [0.5, 0.6) is 0 Å². The van der Waals surface area contributed by atoms with Crippen molar-refractivity contribution in [2.24, 2.45) is 0 Å². The van der Waals surface area contributed by atoms with Crippen LogP contribution in [0.4, 0.5) is 0 Å². The lowest BCUT2D eigenvalue weighted by Crippen LogP contribution is -1.95. The summed E-state index contributed by atoms with van der Waals surface area (Å²) in [6.45, 7) is 0. The van der Waals surface area contributed by atoms with Gasteiger partial charge in [0.15, 0.2) is 4.96 Å². The number of hydrogen-bond acceptors (Lipinski definition) is 4. The molecule has 0 bridgehead atoms. The number of hydrogen-bond donors (Lipinski definition) is 0. The molecule has 1 aromatic carbocycles. The maximum Gasteiger partial charge on any atom is 0.194 e. The largest absolute Gasteiger partial charge is 0.286 e. The van der Waals surface area contributed by atoms with Crippen molar-refractivity contribution in [1.82, 2.24) is 14.4 Å². The summed E-state index contributed by atoms with van der Waals surface area (Å²) in [4.78, 5) is 9.71. The van der Waals surface area contributed by atoms with E-state index in [1.807, 2.05) is 30.3 Å². The normalized spacial score (nSPS) is 10.7. The lowest BCUT2D eigenvalue weighted by Gasteiger charge is -2.04. The highest BCUT2D eigenvalue weighted by Crippen LogP contribution is 2.32. The first kappa shape index (κ1) is 13.7. The number of fused-ring (bicyclic) bond motifs is 1. The molecule has 0 aliphatic heterocycles. The minimum atomic E-state index is 0.315. The number of pyridine rings is 1. The van der Waals surface area contributed by atoms with Crippen LogP contribution in [0.15, 0.2) is 60.2 Å². The molecule has 0 fully saturated rings. The molecular formula is C18H12N4S. The van der Waals surface area contributed by atoms with Gasteiger partial charge in [0.2, 0.25) is 0 Å². The van der Waals surface area contributed by atoms with E-state index < -0.39 is 0 Å². The number of benzene rings is 1. The Balaban J connectivity index is 1.99. The molecule has 5 heteroatoms. The van der Waals surface area contributed by atoms with Gasteiger partial charge in [0.1, 0.15) is 0 Å². The van der Waals surface area contributed by atoms with Crippen LogP contribution in [0.1, 0.15) is 5.69 Å².